The van der Waals surface area contributed by atoms with Crippen molar-refractivity contribution < 1.29 is 8.42 Å². The van der Waals surface area contributed by atoms with Gasteiger partial charge in [0.1, 0.15) is 11.7 Å². The Bertz CT molecular complexity index is 463. The van der Waals surface area contributed by atoms with E-state index in [1.165, 1.54) is 13.1 Å². The van der Waals surface area contributed by atoms with Gasteiger partial charge in [-0.05, 0) is 13.8 Å². The van der Waals surface area contributed by atoms with Crippen LogP contribution in [0.1, 0.15) is 12.7 Å². The monoisotopic (exact) mass is 231 g/mol. The van der Waals surface area contributed by atoms with Gasteiger partial charge in [-0.15, -0.1) is 0 Å². The second-order valence-electron chi connectivity index (χ2n) is 3.13. The predicted octanol–water partition coefficient (Wildman–Crippen LogP) is -0.679. The van der Waals surface area contributed by atoms with Crippen LogP contribution in [-0.4, -0.2) is 30.3 Å². The molecule has 0 aromatic carbocycles. The summed E-state index contributed by atoms with van der Waals surface area (Å²) in [7, 11) is -3.67. The molecule has 0 fully saturated rings. The Hall–Kier alpha value is -1.41. The molecule has 0 aliphatic carbocycles. The largest absolute Gasteiger partial charge is 0.386 e. The van der Waals surface area contributed by atoms with E-state index in [4.69, 9.17) is 11.1 Å². The van der Waals surface area contributed by atoms with E-state index in [2.05, 4.69) is 14.7 Å². The molecule has 1 rings (SSSR count). The maximum Gasteiger partial charge on any atom is 0.258 e. The Labute approximate surface area is 87.7 Å². The zero-order valence-electron chi connectivity index (χ0n) is 8.40. The van der Waals surface area contributed by atoms with Gasteiger partial charge in [-0.2, -0.15) is 4.72 Å². The van der Waals surface area contributed by atoms with Crippen molar-refractivity contribution in [1.82, 2.24) is 14.7 Å². The molecule has 15 heavy (non-hydrogen) atoms. The van der Waals surface area contributed by atoms with E-state index in [0.717, 1.165) is 0 Å². The highest BCUT2D eigenvalue weighted by Gasteiger charge is 2.20. The third kappa shape index (κ3) is 2.77. The number of nitrogens with one attached hydrogen (secondary N) is 3. The molecule has 1 heterocycles. The smallest absolute Gasteiger partial charge is 0.258 e. The SMILES string of the molecule is Cc1ncc(S(=O)(=O)NC(C)C(=N)N)[nH]1. The van der Waals surface area contributed by atoms with Crippen LogP contribution < -0.4 is 10.5 Å². The van der Waals surface area contributed by atoms with E-state index in [-0.39, 0.29) is 10.9 Å². The molecule has 1 unspecified atom stereocenters. The molecule has 0 bridgehead atoms. The minimum absolute atomic E-state index is 0.0342. The fourth-order valence-electron chi connectivity index (χ4n) is 0.895. The van der Waals surface area contributed by atoms with E-state index in [9.17, 15) is 8.42 Å². The summed E-state index contributed by atoms with van der Waals surface area (Å²) in [5, 5.41) is 7.04. The molecule has 0 saturated carbocycles. The minimum Gasteiger partial charge on any atom is -0.386 e. The first-order valence-corrected chi connectivity index (χ1v) is 5.69. The van der Waals surface area contributed by atoms with Gasteiger partial charge < -0.3 is 10.7 Å². The van der Waals surface area contributed by atoms with E-state index >= 15 is 0 Å². The maximum absolute atomic E-state index is 11.6. The van der Waals surface area contributed by atoms with E-state index in [1.807, 2.05) is 0 Å². The highest BCUT2D eigenvalue weighted by molar-refractivity contribution is 7.89. The summed E-state index contributed by atoms with van der Waals surface area (Å²) >= 11 is 0. The number of nitrogens with zero attached hydrogens (tertiary/aromatic N) is 1. The van der Waals surface area contributed by atoms with Crippen molar-refractivity contribution in [3.63, 3.8) is 0 Å². The number of aromatic amines is 1. The number of hydrogen-bond acceptors (Lipinski definition) is 4. The molecule has 1 atom stereocenters. The first kappa shape index (κ1) is 11.7. The van der Waals surface area contributed by atoms with Gasteiger partial charge in [-0.3, -0.25) is 5.41 Å². The van der Waals surface area contributed by atoms with Gasteiger partial charge in [0.15, 0.2) is 5.03 Å². The van der Waals surface area contributed by atoms with Crippen molar-refractivity contribution in [1.29, 1.82) is 5.41 Å². The standard InChI is InChI=1S/C7H13N5O2S/c1-4(7(8)9)12-15(13,14)6-3-10-5(2)11-6/h3-4,12H,1-2H3,(H3,8,9)(H,10,11). The third-order valence-corrected chi connectivity index (χ3v) is 3.22. The zero-order valence-corrected chi connectivity index (χ0v) is 9.22. The average Bonchev–Trinajstić information content (AvgIpc) is 2.51. The van der Waals surface area contributed by atoms with Crippen LogP contribution in [-0.2, 0) is 10.0 Å². The number of amidine groups is 1. The fourth-order valence-corrected chi connectivity index (χ4v) is 2.09. The van der Waals surface area contributed by atoms with Crippen molar-refractivity contribution >= 4 is 15.9 Å². The fraction of sp³-hybridized carbons (Fsp3) is 0.429. The molecule has 0 saturated heterocycles. The van der Waals surface area contributed by atoms with Crippen LogP contribution in [0.15, 0.2) is 11.2 Å². The molecule has 0 amide bonds. The number of hydrogen-bond donors (Lipinski definition) is 4. The summed E-state index contributed by atoms with van der Waals surface area (Å²) in [5.74, 6) is 0.265. The number of nitrogens with two attached hydrogens (primary N) is 1. The highest BCUT2D eigenvalue weighted by atomic mass is 32.2. The van der Waals surface area contributed by atoms with E-state index in [1.54, 1.807) is 6.92 Å². The number of aromatic nitrogens is 2. The Morgan fingerprint density at radius 3 is 2.73 bits per heavy atom. The molecule has 8 heteroatoms. The van der Waals surface area contributed by atoms with Crippen molar-refractivity contribution in [2.75, 3.05) is 0 Å². The lowest BCUT2D eigenvalue weighted by atomic mass is 10.3. The molecule has 0 radical (unpaired) electrons. The van der Waals surface area contributed by atoms with Crippen LogP contribution in [0.5, 0.6) is 0 Å². The number of sulfonamides is 1. The van der Waals surface area contributed by atoms with E-state index < -0.39 is 16.1 Å². The quantitative estimate of drug-likeness (QED) is 0.404. The molecule has 1 aromatic rings. The Kier molecular flexibility index (Phi) is 3.10. The van der Waals surface area contributed by atoms with Crippen molar-refractivity contribution in [2.45, 2.75) is 24.9 Å². The molecular formula is C7H13N5O2S. The van der Waals surface area contributed by atoms with Crippen molar-refractivity contribution in [3.8, 4) is 0 Å². The average molecular weight is 231 g/mol. The highest BCUT2D eigenvalue weighted by Crippen LogP contribution is 2.05. The lowest BCUT2D eigenvalue weighted by Crippen LogP contribution is -2.41. The van der Waals surface area contributed by atoms with Crippen LogP contribution in [0, 0.1) is 12.3 Å². The zero-order chi connectivity index (χ0) is 11.6. The second kappa shape index (κ2) is 3.99. The number of H-pyrrole nitrogens is 1. The number of rotatable bonds is 4. The summed E-state index contributed by atoms with van der Waals surface area (Å²) in [6.45, 7) is 3.14. The summed E-state index contributed by atoms with van der Waals surface area (Å²) in [6, 6.07) is -0.737. The first-order valence-electron chi connectivity index (χ1n) is 4.21. The van der Waals surface area contributed by atoms with Gasteiger partial charge in [0.2, 0.25) is 0 Å². The van der Waals surface area contributed by atoms with Gasteiger partial charge in [0.05, 0.1) is 12.2 Å². The van der Waals surface area contributed by atoms with Crippen LogP contribution in [0.2, 0.25) is 0 Å². The van der Waals surface area contributed by atoms with Gasteiger partial charge in [-0.25, -0.2) is 13.4 Å². The van der Waals surface area contributed by atoms with Crippen LogP contribution in [0.25, 0.3) is 0 Å². The Balaban J connectivity index is 2.90. The topological polar surface area (TPSA) is 125 Å². The summed E-state index contributed by atoms with van der Waals surface area (Å²) in [6.07, 6.45) is 1.21. The summed E-state index contributed by atoms with van der Waals surface area (Å²) in [5.41, 5.74) is 5.16. The minimum atomic E-state index is -3.67. The normalized spacial score (nSPS) is 13.7. The molecule has 0 aliphatic heterocycles. The molecule has 0 spiro atoms. The second-order valence-corrected chi connectivity index (χ2v) is 4.81. The van der Waals surface area contributed by atoms with Gasteiger partial charge in [0, 0.05) is 0 Å². The van der Waals surface area contributed by atoms with Crippen molar-refractivity contribution in [3.05, 3.63) is 12.0 Å². The van der Waals surface area contributed by atoms with E-state index in [0.29, 0.717) is 5.82 Å². The van der Waals surface area contributed by atoms with Crippen LogP contribution in [0.3, 0.4) is 0 Å². The molecule has 84 valence electrons. The maximum atomic E-state index is 11.6. The Morgan fingerprint density at radius 2 is 2.33 bits per heavy atom. The molecule has 7 nitrogen and oxygen atoms in total. The summed E-state index contributed by atoms with van der Waals surface area (Å²) < 4.78 is 25.5. The van der Waals surface area contributed by atoms with Crippen molar-refractivity contribution in [2.24, 2.45) is 5.73 Å². The van der Waals surface area contributed by atoms with Gasteiger partial charge in [-0.1, -0.05) is 0 Å². The molecule has 1 aromatic heterocycles. The number of aryl methyl sites for hydroxylation is 1. The Morgan fingerprint density at radius 1 is 1.73 bits per heavy atom. The predicted molar refractivity (Wildman–Crippen MR) is 55.0 cm³/mol. The first-order chi connectivity index (χ1) is 6.83. The lowest BCUT2D eigenvalue weighted by Gasteiger charge is -2.10. The molecular weight excluding hydrogens is 218 g/mol. The number of imidazole rings is 1. The van der Waals surface area contributed by atoms with Crippen LogP contribution >= 0.6 is 0 Å². The van der Waals surface area contributed by atoms with Gasteiger partial charge in [0.25, 0.3) is 10.0 Å². The lowest BCUT2D eigenvalue weighted by molar-refractivity contribution is 0.574. The van der Waals surface area contributed by atoms with Crippen LogP contribution in [0.4, 0.5) is 0 Å². The molecule has 5 N–H and O–H groups in total. The summed E-state index contributed by atoms with van der Waals surface area (Å²) in [4.78, 5) is 6.36. The molecule has 0 aliphatic rings. The van der Waals surface area contributed by atoms with Gasteiger partial charge >= 0.3 is 0 Å². The third-order valence-electron chi connectivity index (χ3n) is 1.77.